The van der Waals surface area contributed by atoms with Crippen LogP contribution in [0.1, 0.15) is 5.01 Å². The standard InChI is InChI=1S/C19H14N4O3S/c1-26-17-7-2-4-13(8-17)18-12-27-19(22-18)14(10-20)11-21-15-5-3-6-16(9-15)23(24)25/h2-9,11-12,21H,1H3. The van der Waals surface area contributed by atoms with Crippen LogP contribution in [0, 0.1) is 21.4 Å². The van der Waals surface area contributed by atoms with E-state index in [0.717, 1.165) is 17.0 Å². The van der Waals surface area contributed by atoms with Gasteiger partial charge in [-0.1, -0.05) is 18.2 Å². The molecule has 0 fully saturated rings. The van der Waals surface area contributed by atoms with Gasteiger partial charge in [0.15, 0.2) is 0 Å². The summed E-state index contributed by atoms with van der Waals surface area (Å²) >= 11 is 1.34. The van der Waals surface area contributed by atoms with Crippen LogP contribution < -0.4 is 10.1 Å². The van der Waals surface area contributed by atoms with Crippen molar-refractivity contribution in [2.24, 2.45) is 0 Å². The van der Waals surface area contributed by atoms with E-state index in [1.807, 2.05) is 29.6 Å². The van der Waals surface area contributed by atoms with Crippen molar-refractivity contribution in [1.29, 1.82) is 5.26 Å². The largest absolute Gasteiger partial charge is 0.497 e. The van der Waals surface area contributed by atoms with Crippen LogP contribution in [0.15, 0.2) is 60.1 Å². The Morgan fingerprint density at radius 3 is 2.89 bits per heavy atom. The maximum atomic E-state index is 10.8. The monoisotopic (exact) mass is 378 g/mol. The first-order chi connectivity index (χ1) is 13.1. The van der Waals surface area contributed by atoms with Gasteiger partial charge in [0.25, 0.3) is 5.69 Å². The zero-order valence-corrected chi connectivity index (χ0v) is 15.1. The van der Waals surface area contributed by atoms with Gasteiger partial charge in [-0.25, -0.2) is 4.98 Å². The van der Waals surface area contributed by atoms with Crippen LogP contribution in [-0.2, 0) is 0 Å². The molecule has 1 heterocycles. The average molecular weight is 378 g/mol. The number of allylic oxidation sites excluding steroid dienone is 1. The minimum atomic E-state index is -0.471. The van der Waals surface area contributed by atoms with Crippen molar-refractivity contribution in [3.63, 3.8) is 0 Å². The second-order valence-electron chi connectivity index (χ2n) is 5.39. The van der Waals surface area contributed by atoms with Crippen LogP contribution in [0.4, 0.5) is 11.4 Å². The summed E-state index contributed by atoms with van der Waals surface area (Å²) in [5.74, 6) is 0.727. The van der Waals surface area contributed by atoms with Gasteiger partial charge in [-0.2, -0.15) is 5.26 Å². The number of benzene rings is 2. The van der Waals surface area contributed by atoms with Crippen LogP contribution in [0.25, 0.3) is 16.8 Å². The topological polar surface area (TPSA) is 101 Å². The van der Waals surface area contributed by atoms with E-state index in [2.05, 4.69) is 16.4 Å². The number of thiazole rings is 1. The number of rotatable bonds is 6. The number of hydrogen-bond donors (Lipinski definition) is 1. The molecule has 1 aromatic heterocycles. The molecule has 0 aliphatic heterocycles. The summed E-state index contributed by atoms with van der Waals surface area (Å²) < 4.78 is 5.22. The van der Waals surface area contributed by atoms with Crippen LogP contribution in [-0.4, -0.2) is 17.0 Å². The Labute approximate surface area is 159 Å². The number of nitro benzene ring substituents is 1. The average Bonchev–Trinajstić information content (AvgIpc) is 3.19. The minimum absolute atomic E-state index is 0.0264. The molecule has 0 aliphatic carbocycles. The molecule has 0 saturated carbocycles. The summed E-state index contributed by atoms with van der Waals surface area (Å²) in [5.41, 5.74) is 2.45. The van der Waals surface area contributed by atoms with Crippen LogP contribution in [0.2, 0.25) is 0 Å². The maximum Gasteiger partial charge on any atom is 0.271 e. The fraction of sp³-hybridized carbons (Fsp3) is 0.0526. The molecular weight excluding hydrogens is 364 g/mol. The van der Waals surface area contributed by atoms with Gasteiger partial charge in [-0.3, -0.25) is 10.1 Å². The number of ether oxygens (including phenoxy) is 1. The lowest BCUT2D eigenvalue weighted by molar-refractivity contribution is -0.384. The Morgan fingerprint density at radius 1 is 1.33 bits per heavy atom. The number of nitro groups is 1. The van der Waals surface area contributed by atoms with E-state index in [9.17, 15) is 15.4 Å². The molecule has 0 spiro atoms. The first-order valence-electron chi connectivity index (χ1n) is 7.82. The highest BCUT2D eigenvalue weighted by Gasteiger charge is 2.10. The van der Waals surface area contributed by atoms with Crippen molar-refractivity contribution in [2.45, 2.75) is 0 Å². The lowest BCUT2D eigenvalue weighted by Crippen LogP contribution is -1.93. The highest BCUT2D eigenvalue weighted by molar-refractivity contribution is 7.11. The van der Waals surface area contributed by atoms with Gasteiger partial charge < -0.3 is 10.1 Å². The molecular formula is C19H14N4O3S. The predicted octanol–water partition coefficient (Wildman–Crippen LogP) is 4.70. The lowest BCUT2D eigenvalue weighted by Gasteiger charge is -2.02. The van der Waals surface area contributed by atoms with Crippen molar-refractivity contribution < 1.29 is 9.66 Å². The summed E-state index contributed by atoms with van der Waals surface area (Å²) in [6.07, 6.45) is 1.49. The van der Waals surface area contributed by atoms with Gasteiger partial charge in [0.2, 0.25) is 0 Å². The second kappa shape index (κ2) is 8.12. The minimum Gasteiger partial charge on any atom is -0.497 e. The summed E-state index contributed by atoms with van der Waals surface area (Å²) in [5, 5.41) is 25.6. The van der Waals surface area contributed by atoms with Crippen LogP contribution >= 0.6 is 11.3 Å². The Bertz CT molecular complexity index is 1050. The van der Waals surface area contributed by atoms with Crippen LogP contribution in [0.5, 0.6) is 5.75 Å². The van der Waals surface area contributed by atoms with E-state index in [1.165, 1.54) is 29.7 Å². The van der Waals surface area contributed by atoms with E-state index in [-0.39, 0.29) is 5.69 Å². The molecule has 0 saturated heterocycles. The van der Waals surface area contributed by atoms with Crippen molar-refractivity contribution in [3.8, 4) is 23.1 Å². The van der Waals surface area contributed by atoms with E-state index >= 15 is 0 Å². The zero-order chi connectivity index (χ0) is 19.2. The fourth-order valence-electron chi connectivity index (χ4n) is 2.32. The van der Waals surface area contributed by atoms with Gasteiger partial charge in [-0.15, -0.1) is 11.3 Å². The highest BCUT2D eigenvalue weighted by atomic mass is 32.1. The van der Waals surface area contributed by atoms with E-state index in [0.29, 0.717) is 16.3 Å². The Balaban J connectivity index is 1.83. The zero-order valence-electron chi connectivity index (χ0n) is 14.2. The third-order valence-corrected chi connectivity index (χ3v) is 4.54. The first kappa shape index (κ1) is 18.1. The van der Waals surface area contributed by atoms with Gasteiger partial charge in [-0.05, 0) is 18.2 Å². The molecule has 8 heteroatoms. The van der Waals surface area contributed by atoms with Crippen molar-refractivity contribution >= 4 is 28.3 Å². The summed E-state index contributed by atoms with van der Waals surface area (Å²) in [4.78, 5) is 14.9. The smallest absolute Gasteiger partial charge is 0.271 e. The van der Waals surface area contributed by atoms with Gasteiger partial charge in [0.1, 0.15) is 22.4 Å². The number of non-ortho nitro benzene ring substituents is 1. The summed E-state index contributed by atoms with van der Waals surface area (Å²) in [7, 11) is 1.60. The van der Waals surface area contributed by atoms with Crippen molar-refractivity contribution in [2.75, 3.05) is 12.4 Å². The number of aromatic nitrogens is 1. The van der Waals surface area contributed by atoms with Crippen molar-refractivity contribution in [3.05, 3.63) is 75.2 Å². The summed E-state index contributed by atoms with van der Waals surface area (Å²) in [6, 6.07) is 15.7. The fourth-order valence-corrected chi connectivity index (χ4v) is 3.11. The molecule has 0 amide bonds. The molecule has 0 unspecified atom stereocenters. The number of hydrogen-bond acceptors (Lipinski definition) is 7. The number of nitrogens with one attached hydrogen (secondary N) is 1. The Kier molecular flexibility index (Phi) is 5.44. The van der Waals surface area contributed by atoms with Gasteiger partial charge in [0.05, 0.1) is 17.7 Å². The number of methoxy groups -OCH3 is 1. The van der Waals surface area contributed by atoms with Crippen molar-refractivity contribution in [1.82, 2.24) is 4.98 Å². The lowest BCUT2D eigenvalue weighted by atomic mass is 10.1. The van der Waals surface area contributed by atoms with E-state index in [4.69, 9.17) is 4.74 Å². The molecule has 1 N–H and O–H groups in total. The number of nitriles is 1. The molecule has 3 aromatic rings. The molecule has 2 aromatic carbocycles. The molecule has 0 aliphatic rings. The number of anilines is 1. The predicted molar refractivity (Wildman–Crippen MR) is 104 cm³/mol. The third kappa shape index (κ3) is 4.29. The maximum absolute atomic E-state index is 10.8. The molecule has 134 valence electrons. The summed E-state index contributed by atoms with van der Waals surface area (Å²) in [6.45, 7) is 0. The molecule has 0 atom stereocenters. The molecule has 27 heavy (non-hydrogen) atoms. The third-order valence-electron chi connectivity index (χ3n) is 3.66. The van der Waals surface area contributed by atoms with Crippen LogP contribution in [0.3, 0.4) is 0 Å². The first-order valence-corrected chi connectivity index (χ1v) is 8.70. The van der Waals surface area contributed by atoms with Gasteiger partial charge >= 0.3 is 0 Å². The molecule has 7 nitrogen and oxygen atoms in total. The van der Waals surface area contributed by atoms with E-state index < -0.39 is 4.92 Å². The normalized spacial score (nSPS) is 10.9. The number of nitrogens with zero attached hydrogens (tertiary/aromatic N) is 3. The van der Waals surface area contributed by atoms with E-state index in [1.54, 1.807) is 19.2 Å². The van der Waals surface area contributed by atoms with Gasteiger partial charge in [0, 0.05) is 35.0 Å². The molecule has 3 rings (SSSR count). The SMILES string of the molecule is COc1cccc(-c2csc(C(C#N)=CNc3cccc([N+](=O)[O-])c3)n2)c1. The molecule has 0 radical (unpaired) electrons. The molecule has 0 bridgehead atoms. The second-order valence-corrected chi connectivity index (χ2v) is 6.25. The quantitative estimate of drug-likeness (QED) is 0.379. The highest BCUT2D eigenvalue weighted by Crippen LogP contribution is 2.28. The Hall–Kier alpha value is -3.70. The Morgan fingerprint density at radius 2 is 2.15 bits per heavy atom.